The molecule has 0 radical (unpaired) electrons. The lowest BCUT2D eigenvalue weighted by Gasteiger charge is -2.31. The van der Waals surface area contributed by atoms with Gasteiger partial charge in [-0.05, 0) is 41.0 Å². The van der Waals surface area contributed by atoms with Crippen molar-refractivity contribution in [3.63, 3.8) is 0 Å². The number of nitrogens with one attached hydrogen (secondary N) is 1. The average molecular weight is 375 g/mol. The number of aliphatic carboxylic acids is 1. The zero-order chi connectivity index (χ0) is 19.3. The van der Waals surface area contributed by atoms with Crippen LogP contribution in [0.2, 0.25) is 0 Å². The van der Waals surface area contributed by atoms with E-state index in [1.54, 1.807) is 0 Å². The Balaban J connectivity index is 1.34. The zero-order valence-electron chi connectivity index (χ0n) is 15.3. The van der Waals surface area contributed by atoms with E-state index in [1.165, 1.54) is 0 Å². The Morgan fingerprint density at radius 2 is 1.68 bits per heavy atom. The monoisotopic (exact) mass is 375 g/mol. The van der Waals surface area contributed by atoms with Crippen LogP contribution < -0.4 is 5.32 Å². The molecule has 2 N–H and O–H groups in total. The predicted octanol–water partition coefficient (Wildman–Crippen LogP) is 3.94. The van der Waals surface area contributed by atoms with E-state index in [1.807, 2.05) is 36.4 Å². The van der Waals surface area contributed by atoms with Crippen LogP contribution in [-0.4, -0.2) is 29.3 Å². The maximum absolute atomic E-state index is 12.5. The van der Waals surface area contributed by atoms with Gasteiger partial charge >= 0.3 is 12.1 Å². The van der Waals surface area contributed by atoms with Crippen molar-refractivity contribution in [2.75, 3.05) is 6.61 Å². The molecule has 0 aliphatic heterocycles. The molecule has 5 heteroatoms. The highest BCUT2D eigenvalue weighted by Gasteiger charge is 2.55. The fourth-order valence-electron chi connectivity index (χ4n) is 5.12. The molecule has 2 bridgehead atoms. The van der Waals surface area contributed by atoms with Crippen LogP contribution in [0.15, 0.2) is 60.7 Å². The van der Waals surface area contributed by atoms with Crippen molar-refractivity contribution < 1.29 is 19.4 Å². The second-order valence-corrected chi connectivity index (χ2v) is 7.92. The number of alkyl carbamates (subject to hydrolysis) is 1. The van der Waals surface area contributed by atoms with Crippen molar-refractivity contribution in [2.24, 2.45) is 11.8 Å². The van der Waals surface area contributed by atoms with Crippen LogP contribution in [0.4, 0.5) is 4.79 Å². The number of amides is 1. The summed E-state index contributed by atoms with van der Waals surface area (Å²) >= 11 is 0. The summed E-state index contributed by atoms with van der Waals surface area (Å²) in [4.78, 5) is 24.5. The Morgan fingerprint density at radius 1 is 1.04 bits per heavy atom. The predicted molar refractivity (Wildman–Crippen MR) is 104 cm³/mol. The molecule has 0 saturated heterocycles. The number of carbonyl (C=O) groups is 2. The van der Waals surface area contributed by atoms with E-state index in [9.17, 15) is 14.7 Å². The lowest BCUT2D eigenvalue weighted by Crippen LogP contribution is -2.57. The molecule has 1 fully saturated rings. The summed E-state index contributed by atoms with van der Waals surface area (Å²) in [6.45, 7) is 0.180. The second kappa shape index (κ2) is 6.23. The first kappa shape index (κ1) is 17.0. The molecular formula is C23H21NO4. The summed E-state index contributed by atoms with van der Waals surface area (Å²) in [6, 6.07) is 16.2. The molecule has 3 atom stereocenters. The second-order valence-electron chi connectivity index (χ2n) is 7.92. The van der Waals surface area contributed by atoms with Gasteiger partial charge in [-0.25, -0.2) is 9.59 Å². The van der Waals surface area contributed by atoms with Gasteiger partial charge in [0.25, 0.3) is 0 Å². The van der Waals surface area contributed by atoms with Crippen LogP contribution in [0.1, 0.15) is 29.9 Å². The molecule has 142 valence electrons. The van der Waals surface area contributed by atoms with Gasteiger partial charge in [-0.3, -0.25) is 0 Å². The van der Waals surface area contributed by atoms with E-state index in [0.717, 1.165) is 28.7 Å². The van der Waals surface area contributed by atoms with Gasteiger partial charge in [-0.1, -0.05) is 60.7 Å². The molecule has 1 amide bonds. The fourth-order valence-corrected chi connectivity index (χ4v) is 5.12. The summed E-state index contributed by atoms with van der Waals surface area (Å²) in [5, 5.41) is 12.5. The number of carboxylic acid groups (broad SMARTS) is 1. The van der Waals surface area contributed by atoms with Crippen molar-refractivity contribution in [2.45, 2.75) is 24.3 Å². The van der Waals surface area contributed by atoms with Crippen LogP contribution in [0.25, 0.3) is 11.1 Å². The summed E-state index contributed by atoms with van der Waals surface area (Å²) in [6.07, 6.45) is 4.49. The molecule has 1 saturated carbocycles. The van der Waals surface area contributed by atoms with E-state index in [-0.39, 0.29) is 24.4 Å². The average Bonchev–Trinajstić information content (AvgIpc) is 3.38. The van der Waals surface area contributed by atoms with Crippen molar-refractivity contribution in [3.05, 3.63) is 71.8 Å². The number of hydrogen-bond acceptors (Lipinski definition) is 3. The number of carbonyl (C=O) groups excluding carboxylic acids is 1. The standard InChI is InChI=1S/C23H21NO4/c25-21(26)23(12-14-9-10-15(23)11-14)24-22(27)28-13-20-18-7-3-1-5-16(18)17-6-2-4-8-19(17)20/h1-10,14-15,20H,11-13H2,(H,24,27)(H,25,26)/t14-,15+,23?/m0/s1. The van der Waals surface area contributed by atoms with Crippen LogP contribution in [-0.2, 0) is 9.53 Å². The maximum atomic E-state index is 12.5. The SMILES string of the molecule is O=C(NC1(C(=O)O)C[C@H]2C=C[C@@H]1C2)OCC1c2ccccc2-c2ccccc21. The number of carboxylic acids is 1. The lowest BCUT2D eigenvalue weighted by atomic mass is 9.84. The van der Waals surface area contributed by atoms with Gasteiger partial charge in [-0.15, -0.1) is 0 Å². The zero-order valence-corrected chi connectivity index (χ0v) is 15.3. The normalized spacial score (nSPS) is 26.7. The number of allylic oxidation sites excluding steroid dienone is 1. The van der Waals surface area contributed by atoms with Crippen molar-refractivity contribution in [3.8, 4) is 11.1 Å². The minimum atomic E-state index is -1.25. The Kier molecular flexibility index (Phi) is 3.79. The van der Waals surface area contributed by atoms with Crippen molar-refractivity contribution in [1.29, 1.82) is 0 Å². The first-order valence-corrected chi connectivity index (χ1v) is 9.63. The molecule has 1 unspecified atom stereocenters. The van der Waals surface area contributed by atoms with E-state index in [4.69, 9.17) is 4.74 Å². The molecule has 0 spiro atoms. The molecule has 3 aliphatic carbocycles. The minimum Gasteiger partial charge on any atom is -0.479 e. The van der Waals surface area contributed by atoms with Gasteiger partial charge in [0.15, 0.2) is 0 Å². The topological polar surface area (TPSA) is 75.6 Å². The van der Waals surface area contributed by atoms with E-state index < -0.39 is 17.6 Å². The highest BCUT2D eigenvalue weighted by Crippen LogP contribution is 2.47. The van der Waals surface area contributed by atoms with Gasteiger partial charge in [0.05, 0.1) is 0 Å². The number of rotatable bonds is 4. The Bertz CT molecular complexity index is 952. The van der Waals surface area contributed by atoms with Crippen LogP contribution in [0, 0.1) is 11.8 Å². The number of fused-ring (bicyclic) bond motifs is 5. The molecule has 5 rings (SSSR count). The van der Waals surface area contributed by atoms with Gasteiger partial charge in [-0.2, -0.15) is 0 Å². The van der Waals surface area contributed by atoms with Crippen molar-refractivity contribution in [1.82, 2.24) is 5.32 Å². The van der Waals surface area contributed by atoms with Gasteiger partial charge in [0, 0.05) is 11.8 Å². The quantitative estimate of drug-likeness (QED) is 0.794. The van der Waals surface area contributed by atoms with Gasteiger partial charge in [0.1, 0.15) is 12.1 Å². The van der Waals surface area contributed by atoms with Crippen LogP contribution in [0.3, 0.4) is 0 Å². The van der Waals surface area contributed by atoms with E-state index in [0.29, 0.717) is 6.42 Å². The van der Waals surface area contributed by atoms with Crippen molar-refractivity contribution >= 4 is 12.1 Å². The summed E-state index contributed by atoms with van der Waals surface area (Å²) < 4.78 is 5.55. The fraction of sp³-hybridized carbons (Fsp3) is 0.304. The number of hydrogen-bond donors (Lipinski definition) is 2. The molecule has 2 aromatic rings. The maximum Gasteiger partial charge on any atom is 0.408 e. The summed E-state index contributed by atoms with van der Waals surface area (Å²) in [7, 11) is 0. The summed E-state index contributed by atoms with van der Waals surface area (Å²) in [5.74, 6) is -0.984. The molecule has 0 aromatic heterocycles. The third-order valence-electron chi connectivity index (χ3n) is 6.44. The van der Waals surface area contributed by atoms with E-state index >= 15 is 0 Å². The molecule has 5 nitrogen and oxygen atoms in total. The molecule has 2 aromatic carbocycles. The first-order chi connectivity index (χ1) is 13.6. The Labute approximate surface area is 163 Å². The molecule has 3 aliphatic rings. The minimum absolute atomic E-state index is 0.0427. The highest BCUT2D eigenvalue weighted by atomic mass is 16.5. The molecule has 0 heterocycles. The van der Waals surface area contributed by atoms with Crippen LogP contribution >= 0.6 is 0 Å². The summed E-state index contributed by atoms with van der Waals surface area (Å²) in [5.41, 5.74) is 3.33. The molecular weight excluding hydrogens is 354 g/mol. The third-order valence-corrected chi connectivity index (χ3v) is 6.44. The first-order valence-electron chi connectivity index (χ1n) is 9.63. The number of ether oxygens (including phenoxy) is 1. The lowest BCUT2D eigenvalue weighted by molar-refractivity contribution is -0.145. The van der Waals surface area contributed by atoms with Gasteiger partial charge in [0.2, 0.25) is 0 Å². The van der Waals surface area contributed by atoms with E-state index in [2.05, 4.69) is 29.6 Å². The largest absolute Gasteiger partial charge is 0.479 e. The third kappa shape index (κ3) is 2.46. The molecule has 28 heavy (non-hydrogen) atoms. The Morgan fingerprint density at radius 3 is 2.21 bits per heavy atom. The van der Waals surface area contributed by atoms with Gasteiger partial charge < -0.3 is 15.2 Å². The smallest absolute Gasteiger partial charge is 0.408 e. The Hall–Kier alpha value is -3.08. The highest BCUT2D eigenvalue weighted by molar-refractivity contribution is 5.86. The number of benzene rings is 2. The van der Waals surface area contributed by atoms with Crippen LogP contribution in [0.5, 0.6) is 0 Å².